The van der Waals surface area contributed by atoms with Gasteiger partial charge in [0.05, 0.1) is 5.92 Å². The maximum Gasteiger partial charge on any atom is 0.306 e. The van der Waals surface area contributed by atoms with Crippen molar-refractivity contribution < 1.29 is 14.7 Å². The van der Waals surface area contributed by atoms with Crippen LogP contribution in [0.3, 0.4) is 0 Å². The lowest BCUT2D eigenvalue weighted by atomic mass is 9.71. The fourth-order valence-corrected chi connectivity index (χ4v) is 3.35. The molecule has 3 rings (SSSR count). The topological polar surface area (TPSA) is 66.4 Å². The highest BCUT2D eigenvalue weighted by molar-refractivity contribution is 5.85. The third kappa shape index (κ3) is 1.74. The number of carboxylic acids is 1. The second kappa shape index (κ2) is 3.47. The van der Waals surface area contributed by atoms with Crippen LogP contribution in [0.15, 0.2) is 0 Å². The van der Waals surface area contributed by atoms with Gasteiger partial charge < -0.3 is 10.4 Å². The van der Waals surface area contributed by atoms with E-state index in [0.29, 0.717) is 11.8 Å². The van der Waals surface area contributed by atoms with Gasteiger partial charge in [-0.15, -0.1) is 0 Å². The Labute approximate surface area is 101 Å². The first kappa shape index (κ1) is 11.1. The average Bonchev–Trinajstić information content (AvgIpc) is 2.90. The van der Waals surface area contributed by atoms with Crippen molar-refractivity contribution in [2.75, 3.05) is 0 Å². The highest BCUT2D eigenvalue weighted by Crippen LogP contribution is 2.51. The van der Waals surface area contributed by atoms with Crippen LogP contribution in [0.4, 0.5) is 0 Å². The zero-order valence-corrected chi connectivity index (χ0v) is 10.1. The van der Waals surface area contributed by atoms with Crippen LogP contribution in [0.5, 0.6) is 0 Å². The van der Waals surface area contributed by atoms with Gasteiger partial charge in [0.1, 0.15) is 0 Å². The minimum absolute atomic E-state index is 0.115. The fraction of sp³-hybridized carbons (Fsp3) is 0.846. The van der Waals surface area contributed by atoms with Gasteiger partial charge in [0, 0.05) is 11.5 Å². The second-order valence-corrected chi connectivity index (χ2v) is 6.31. The van der Waals surface area contributed by atoms with E-state index in [-0.39, 0.29) is 23.3 Å². The summed E-state index contributed by atoms with van der Waals surface area (Å²) in [5.41, 5.74) is -0.115. The monoisotopic (exact) mass is 237 g/mol. The van der Waals surface area contributed by atoms with E-state index in [1.807, 2.05) is 6.92 Å². The molecule has 4 atom stereocenters. The zero-order valence-electron chi connectivity index (χ0n) is 10.1. The molecular formula is C13H19NO3. The number of fused-ring (bicyclic) bond motifs is 1. The summed E-state index contributed by atoms with van der Waals surface area (Å²) in [7, 11) is 0. The van der Waals surface area contributed by atoms with Gasteiger partial charge in [-0.2, -0.15) is 0 Å². The van der Waals surface area contributed by atoms with Gasteiger partial charge in [-0.1, -0.05) is 6.92 Å². The van der Waals surface area contributed by atoms with Crippen LogP contribution in [0.1, 0.15) is 39.0 Å². The minimum atomic E-state index is -0.668. The van der Waals surface area contributed by atoms with Gasteiger partial charge in [-0.25, -0.2) is 0 Å². The van der Waals surface area contributed by atoms with Gasteiger partial charge in [0.25, 0.3) is 0 Å². The Hall–Kier alpha value is -1.06. The molecule has 4 unspecified atom stereocenters. The number of aliphatic carboxylic acids is 1. The van der Waals surface area contributed by atoms with Crippen molar-refractivity contribution in [3.8, 4) is 0 Å². The molecular weight excluding hydrogens is 218 g/mol. The molecule has 0 heterocycles. The zero-order chi connectivity index (χ0) is 12.2. The van der Waals surface area contributed by atoms with Crippen molar-refractivity contribution in [2.45, 2.75) is 45.1 Å². The number of hydrogen-bond donors (Lipinski definition) is 2. The summed E-state index contributed by atoms with van der Waals surface area (Å²) in [6.45, 7) is 2.01. The number of carbonyl (C=O) groups excluding carboxylic acids is 1. The molecule has 3 fully saturated rings. The Kier molecular flexibility index (Phi) is 2.25. The lowest BCUT2D eigenvalue weighted by Gasteiger charge is -2.41. The standard InChI is InChI=1S/C13H19NO3/c1-13(2-3-13)12(17)14-10-6-7-4-8(11(15)16)5-9(7)10/h7-10H,2-6H2,1H3,(H,14,17)(H,15,16). The molecule has 4 heteroatoms. The number of carboxylic acid groups (broad SMARTS) is 1. The summed E-state index contributed by atoms with van der Waals surface area (Å²) >= 11 is 0. The van der Waals surface area contributed by atoms with Gasteiger partial charge in [0.2, 0.25) is 5.91 Å². The quantitative estimate of drug-likeness (QED) is 0.779. The van der Waals surface area contributed by atoms with Crippen molar-refractivity contribution in [3.05, 3.63) is 0 Å². The maximum atomic E-state index is 11.9. The van der Waals surface area contributed by atoms with Gasteiger partial charge in [-0.3, -0.25) is 9.59 Å². The lowest BCUT2D eigenvalue weighted by Crippen LogP contribution is -2.51. The molecule has 0 saturated heterocycles. The molecule has 3 saturated carbocycles. The Morgan fingerprint density at radius 1 is 1.24 bits per heavy atom. The van der Waals surface area contributed by atoms with E-state index in [4.69, 9.17) is 5.11 Å². The summed E-state index contributed by atoms with van der Waals surface area (Å²) in [5.74, 6) is 0.289. The van der Waals surface area contributed by atoms with Gasteiger partial charge >= 0.3 is 5.97 Å². The molecule has 0 aliphatic heterocycles. The van der Waals surface area contributed by atoms with E-state index >= 15 is 0 Å². The normalized spacial score (nSPS) is 41.2. The second-order valence-electron chi connectivity index (χ2n) is 6.31. The first-order valence-corrected chi connectivity index (χ1v) is 6.53. The Morgan fingerprint density at radius 3 is 2.53 bits per heavy atom. The first-order chi connectivity index (χ1) is 7.99. The summed E-state index contributed by atoms with van der Waals surface area (Å²) in [5, 5.41) is 12.1. The Morgan fingerprint density at radius 2 is 1.94 bits per heavy atom. The van der Waals surface area contributed by atoms with Crippen LogP contribution in [0.2, 0.25) is 0 Å². The van der Waals surface area contributed by atoms with E-state index in [1.54, 1.807) is 0 Å². The van der Waals surface area contributed by atoms with Gasteiger partial charge in [-0.05, 0) is 43.9 Å². The van der Waals surface area contributed by atoms with Crippen molar-refractivity contribution in [3.63, 3.8) is 0 Å². The van der Waals surface area contributed by atoms with Crippen molar-refractivity contribution in [1.29, 1.82) is 0 Å². The number of carbonyl (C=O) groups is 2. The number of amides is 1. The van der Waals surface area contributed by atoms with Crippen LogP contribution >= 0.6 is 0 Å². The van der Waals surface area contributed by atoms with E-state index in [9.17, 15) is 9.59 Å². The molecule has 0 aromatic rings. The van der Waals surface area contributed by atoms with Crippen LogP contribution in [0, 0.1) is 23.2 Å². The fourth-order valence-electron chi connectivity index (χ4n) is 3.35. The van der Waals surface area contributed by atoms with Gasteiger partial charge in [0.15, 0.2) is 0 Å². The van der Waals surface area contributed by atoms with Crippen LogP contribution < -0.4 is 5.32 Å². The van der Waals surface area contributed by atoms with Crippen molar-refractivity contribution >= 4 is 11.9 Å². The van der Waals surface area contributed by atoms with E-state index in [2.05, 4.69) is 5.32 Å². The van der Waals surface area contributed by atoms with Crippen molar-refractivity contribution in [2.24, 2.45) is 23.2 Å². The van der Waals surface area contributed by atoms with E-state index in [1.165, 1.54) is 0 Å². The molecule has 0 aromatic heterocycles. The summed E-state index contributed by atoms with van der Waals surface area (Å²) in [6.07, 6.45) is 4.54. The third-order valence-corrected chi connectivity index (χ3v) is 5.04. The molecule has 4 nitrogen and oxygen atoms in total. The molecule has 0 bridgehead atoms. The van der Waals surface area contributed by atoms with E-state index < -0.39 is 5.97 Å². The van der Waals surface area contributed by atoms with Crippen LogP contribution in [0.25, 0.3) is 0 Å². The largest absolute Gasteiger partial charge is 0.481 e. The number of nitrogens with one attached hydrogen (secondary N) is 1. The molecule has 0 radical (unpaired) electrons. The Bertz CT molecular complexity index is 375. The number of rotatable bonds is 3. The molecule has 0 spiro atoms. The smallest absolute Gasteiger partial charge is 0.306 e. The molecule has 2 N–H and O–H groups in total. The molecule has 17 heavy (non-hydrogen) atoms. The molecule has 3 aliphatic carbocycles. The SMILES string of the molecule is CC1(C(=O)NC2CC3CC(C(=O)O)CC32)CC1. The summed E-state index contributed by atoms with van der Waals surface area (Å²) in [6, 6.07) is 0.245. The summed E-state index contributed by atoms with van der Waals surface area (Å²) in [4.78, 5) is 22.8. The molecule has 1 amide bonds. The lowest BCUT2D eigenvalue weighted by molar-refractivity contribution is -0.141. The number of hydrogen-bond acceptors (Lipinski definition) is 2. The van der Waals surface area contributed by atoms with Crippen LogP contribution in [-0.2, 0) is 9.59 Å². The highest BCUT2D eigenvalue weighted by atomic mass is 16.4. The predicted molar refractivity (Wildman–Crippen MR) is 61.2 cm³/mol. The van der Waals surface area contributed by atoms with Crippen molar-refractivity contribution in [1.82, 2.24) is 5.32 Å². The van der Waals surface area contributed by atoms with Crippen LogP contribution in [-0.4, -0.2) is 23.0 Å². The highest BCUT2D eigenvalue weighted by Gasteiger charge is 2.52. The first-order valence-electron chi connectivity index (χ1n) is 6.53. The minimum Gasteiger partial charge on any atom is -0.481 e. The summed E-state index contributed by atoms with van der Waals surface area (Å²) < 4.78 is 0. The Balaban J connectivity index is 1.55. The third-order valence-electron chi connectivity index (χ3n) is 5.04. The maximum absolute atomic E-state index is 11.9. The molecule has 0 aromatic carbocycles. The average molecular weight is 237 g/mol. The predicted octanol–water partition coefficient (Wildman–Crippen LogP) is 1.40. The molecule has 94 valence electrons. The molecule has 3 aliphatic rings. The van der Waals surface area contributed by atoms with E-state index in [0.717, 1.165) is 32.1 Å².